The molecule has 2 nitrogen and oxygen atoms in total. The van der Waals surface area contributed by atoms with E-state index in [-0.39, 0.29) is 11.2 Å². The summed E-state index contributed by atoms with van der Waals surface area (Å²) in [4.78, 5) is 12.4. The van der Waals surface area contributed by atoms with Crippen LogP contribution in [0.2, 0.25) is 0 Å². The van der Waals surface area contributed by atoms with Crippen LogP contribution >= 0.6 is 11.8 Å². The van der Waals surface area contributed by atoms with Crippen molar-refractivity contribution < 1.29 is 4.79 Å². The fourth-order valence-electron chi connectivity index (χ4n) is 2.82. The van der Waals surface area contributed by atoms with Gasteiger partial charge >= 0.3 is 0 Å². The van der Waals surface area contributed by atoms with Crippen molar-refractivity contribution in [1.82, 2.24) is 0 Å². The molecule has 0 radical (unpaired) electrons. The summed E-state index contributed by atoms with van der Waals surface area (Å²) < 4.78 is 0. The molecule has 1 amide bonds. The van der Waals surface area contributed by atoms with E-state index in [2.05, 4.69) is 48.6 Å². The predicted octanol–water partition coefficient (Wildman–Crippen LogP) is 5.71. The molecular formula is C23H23NOS. The summed E-state index contributed by atoms with van der Waals surface area (Å²) in [6.45, 7) is 2.12. The average Bonchev–Trinajstić information content (AvgIpc) is 2.70. The van der Waals surface area contributed by atoms with Gasteiger partial charge in [0.1, 0.15) is 0 Å². The molecule has 0 aliphatic heterocycles. The Morgan fingerprint density at radius 1 is 0.846 bits per heavy atom. The van der Waals surface area contributed by atoms with Crippen LogP contribution in [0.25, 0.3) is 0 Å². The predicted molar refractivity (Wildman–Crippen MR) is 112 cm³/mol. The van der Waals surface area contributed by atoms with Crippen molar-refractivity contribution in [1.29, 1.82) is 0 Å². The standard InChI is InChI=1S/C23H23NOS/c1-2-18-13-15-21(16-14-18)24-22(25)17-26-23(19-9-5-3-6-10-19)20-11-7-4-8-12-20/h3-16,23H,2,17H2,1H3,(H,24,25). The van der Waals surface area contributed by atoms with E-state index >= 15 is 0 Å². The van der Waals surface area contributed by atoms with Crippen molar-refractivity contribution in [3.8, 4) is 0 Å². The van der Waals surface area contributed by atoms with Gasteiger partial charge in [0.2, 0.25) is 5.91 Å². The molecule has 132 valence electrons. The van der Waals surface area contributed by atoms with Crippen LogP contribution in [0.1, 0.15) is 28.9 Å². The first-order chi connectivity index (χ1) is 12.8. The number of amides is 1. The van der Waals surface area contributed by atoms with Gasteiger partial charge in [-0.25, -0.2) is 0 Å². The zero-order valence-electron chi connectivity index (χ0n) is 14.9. The Morgan fingerprint density at radius 3 is 1.88 bits per heavy atom. The molecule has 0 unspecified atom stereocenters. The Bertz CT molecular complexity index is 776. The molecule has 3 aromatic rings. The third kappa shape index (κ3) is 4.99. The summed E-state index contributed by atoms with van der Waals surface area (Å²) in [7, 11) is 0. The van der Waals surface area contributed by atoms with Crippen molar-refractivity contribution in [2.45, 2.75) is 18.6 Å². The number of thioether (sulfide) groups is 1. The van der Waals surface area contributed by atoms with Crippen LogP contribution in [0.15, 0.2) is 84.9 Å². The van der Waals surface area contributed by atoms with Gasteiger partial charge in [-0.2, -0.15) is 0 Å². The van der Waals surface area contributed by atoms with E-state index in [1.807, 2.05) is 48.5 Å². The Kier molecular flexibility index (Phi) is 6.50. The minimum atomic E-state index is 0.0242. The number of carbonyl (C=O) groups is 1. The number of hydrogen-bond donors (Lipinski definition) is 1. The Labute approximate surface area is 159 Å². The number of hydrogen-bond acceptors (Lipinski definition) is 2. The first-order valence-corrected chi connectivity index (χ1v) is 9.91. The maximum Gasteiger partial charge on any atom is 0.234 e. The summed E-state index contributed by atoms with van der Waals surface area (Å²) in [5.41, 5.74) is 4.54. The summed E-state index contributed by atoms with van der Waals surface area (Å²) in [6.07, 6.45) is 1.000. The lowest BCUT2D eigenvalue weighted by Gasteiger charge is -2.17. The largest absolute Gasteiger partial charge is 0.325 e. The van der Waals surface area contributed by atoms with Gasteiger partial charge < -0.3 is 5.32 Å². The second kappa shape index (κ2) is 9.25. The number of carbonyl (C=O) groups excluding carboxylic acids is 1. The van der Waals surface area contributed by atoms with Crippen molar-refractivity contribution in [2.75, 3.05) is 11.1 Å². The maximum atomic E-state index is 12.4. The first kappa shape index (κ1) is 18.3. The highest BCUT2D eigenvalue weighted by atomic mass is 32.2. The van der Waals surface area contributed by atoms with Crippen LogP contribution in [0.5, 0.6) is 0 Å². The highest BCUT2D eigenvalue weighted by Crippen LogP contribution is 2.35. The Balaban J connectivity index is 1.66. The molecule has 0 spiro atoms. The highest BCUT2D eigenvalue weighted by Gasteiger charge is 2.16. The Hall–Kier alpha value is -2.52. The smallest absolute Gasteiger partial charge is 0.234 e. The molecule has 0 heterocycles. The van der Waals surface area contributed by atoms with Crippen molar-refractivity contribution in [3.05, 3.63) is 102 Å². The molecule has 0 fully saturated rings. The van der Waals surface area contributed by atoms with Gasteiger partial charge in [-0.3, -0.25) is 4.79 Å². The van der Waals surface area contributed by atoms with Gasteiger partial charge in [0, 0.05) is 5.69 Å². The molecule has 3 rings (SSSR count). The highest BCUT2D eigenvalue weighted by molar-refractivity contribution is 8.00. The summed E-state index contributed by atoms with van der Waals surface area (Å²) >= 11 is 1.65. The van der Waals surface area contributed by atoms with Gasteiger partial charge in [-0.15, -0.1) is 11.8 Å². The molecular weight excluding hydrogens is 338 g/mol. The minimum Gasteiger partial charge on any atom is -0.325 e. The fourth-order valence-corrected chi connectivity index (χ4v) is 3.91. The first-order valence-electron chi connectivity index (χ1n) is 8.86. The second-order valence-corrected chi connectivity index (χ2v) is 7.20. The molecule has 0 aromatic heterocycles. The lowest BCUT2D eigenvalue weighted by Crippen LogP contribution is -2.15. The molecule has 0 saturated carbocycles. The van der Waals surface area contributed by atoms with Crippen LogP contribution in [-0.2, 0) is 11.2 Å². The summed E-state index contributed by atoms with van der Waals surface area (Å²) in [6, 6.07) is 28.7. The van der Waals surface area contributed by atoms with E-state index in [0.29, 0.717) is 5.75 Å². The van der Waals surface area contributed by atoms with Crippen LogP contribution in [0.3, 0.4) is 0 Å². The molecule has 0 saturated heterocycles. The maximum absolute atomic E-state index is 12.4. The van der Waals surface area contributed by atoms with Crippen LogP contribution in [-0.4, -0.2) is 11.7 Å². The van der Waals surface area contributed by atoms with E-state index in [1.54, 1.807) is 11.8 Å². The number of aryl methyl sites for hydroxylation is 1. The third-order valence-electron chi connectivity index (χ3n) is 4.23. The molecule has 0 aliphatic rings. The lowest BCUT2D eigenvalue weighted by atomic mass is 10.0. The van der Waals surface area contributed by atoms with E-state index in [4.69, 9.17) is 0 Å². The molecule has 0 bridgehead atoms. The monoisotopic (exact) mass is 361 g/mol. The number of anilines is 1. The molecule has 3 heteroatoms. The van der Waals surface area contributed by atoms with Crippen molar-refractivity contribution in [2.24, 2.45) is 0 Å². The van der Waals surface area contributed by atoms with E-state index in [9.17, 15) is 4.79 Å². The second-order valence-electron chi connectivity index (χ2n) is 6.11. The summed E-state index contributed by atoms with van der Waals surface area (Å²) in [5.74, 6) is 0.431. The van der Waals surface area contributed by atoms with Crippen molar-refractivity contribution in [3.63, 3.8) is 0 Å². The van der Waals surface area contributed by atoms with Crippen LogP contribution in [0.4, 0.5) is 5.69 Å². The molecule has 0 aliphatic carbocycles. The third-order valence-corrected chi connectivity index (χ3v) is 5.54. The molecule has 0 atom stereocenters. The molecule has 3 aromatic carbocycles. The van der Waals surface area contributed by atoms with Gasteiger partial charge in [0.25, 0.3) is 0 Å². The number of nitrogens with one attached hydrogen (secondary N) is 1. The van der Waals surface area contributed by atoms with E-state index < -0.39 is 0 Å². The van der Waals surface area contributed by atoms with Crippen molar-refractivity contribution >= 4 is 23.4 Å². The van der Waals surface area contributed by atoms with E-state index in [1.165, 1.54) is 16.7 Å². The SMILES string of the molecule is CCc1ccc(NC(=O)CSC(c2ccccc2)c2ccccc2)cc1. The zero-order chi connectivity index (χ0) is 18.2. The van der Waals surface area contributed by atoms with Crippen LogP contribution in [0, 0.1) is 0 Å². The quantitative estimate of drug-likeness (QED) is 0.584. The minimum absolute atomic E-state index is 0.0242. The Morgan fingerprint density at radius 2 is 1.38 bits per heavy atom. The van der Waals surface area contributed by atoms with Gasteiger partial charge in [-0.1, -0.05) is 79.7 Å². The average molecular weight is 362 g/mol. The fraction of sp³-hybridized carbons (Fsp3) is 0.174. The zero-order valence-corrected chi connectivity index (χ0v) is 15.7. The molecule has 1 N–H and O–H groups in total. The van der Waals surface area contributed by atoms with E-state index in [0.717, 1.165) is 12.1 Å². The number of benzene rings is 3. The van der Waals surface area contributed by atoms with Gasteiger partial charge in [-0.05, 0) is 35.2 Å². The normalized spacial score (nSPS) is 10.7. The molecule has 26 heavy (non-hydrogen) atoms. The van der Waals surface area contributed by atoms with Gasteiger partial charge in [0.15, 0.2) is 0 Å². The summed E-state index contributed by atoms with van der Waals surface area (Å²) in [5, 5.41) is 3.14. The lowest BCUT2D eigenvalue weighted by molar-refractivity contribution is -0.113. The number of rotatable bonds is 7. The van der Waals surface area contributed by atoms with Crippen LogP contribution < -0.4 is 5.32 Å². The topological polar surface area (TPSA) is 29.1 Å². The van der Waals surface area contributed by atoms with Gasteiger partial charge in [0.05, 0.1) is 11.0 Å².